The summed E-state index contributed by atoms with van der Waals surface area (Å²) in [5.74, 6) is -0.191. The predicted octanol–water partition coefficient (Wildman–Crippen LogP) is 3.24. The van der Waals surface area contributed by atoms with Crippen LogP contribution in [0.1, 0.15) is 10.4 Å². The van der Waals surface area contributed by atoms with Gasteiger partial charge in [0, 0.05) is 22.6 Å². The zero-order valence-electron chi connectivity index (χ0n) is 14.6. The topological polar surface area (TPSA) is 52.7 Å². The molecule has 2 amide bonds. The number of carbonyl (C=O) groups excluding carboxylic acids is 2. The van der Waals surface area contributed by atoms with Crippen molar-refractivity contribution in [1.29, 1.82) is 0 Å². The standard InChI is InChI=1S/C18H22ClN3O2S/c1-13-8-9-25-16(13)10-22(3)18(24)12-21(2)11-17(23)20-15-6-4-14(19)5-7-15/h4-9H,10-12H2,1-3H3,(H,20,23). The maximum absolute atomic E-state index is 12.3. The van der Waals surface area contributed by atoms with Crippen LogP contribution in [0.25, 0.3) is 0 Å². The van der Waals surface area contributed by atoms with Crippen LogP contribution in [-0.2, 0) is 16.1 Å². The van der Waals surface area contributed by atoms with Crippen LogP contribution in [0.5, 0.6) is 0 Å². The largest absolute Gasteiger partial charge is 0.339 e. The van der Waals surface area contributed by atoms with E-state index in [-0.39, 0.29) is 24.9 Å². The average molecular weight is 380 g/mol. The number of hydrogen-bond donors (Lipinski definition) is 1. The van der Waals surface area contributed by atoms with E-state index in [4.69, 9.17) is 11.6 Å². The Labute approximate surface area is 157 Å². The number of aryl methyl sites for hydroxylation is 1. The fraction of sp³-hybridized carbons (Fsp3) is 0.333. The second kappa shape index (κ2) is 8.99. The highest BCUT2D eigenvalue weighted by Crippen LogP contribution is 2.17. The predicted molar refractivity (Wildman–Crippen MR) is 103 cm³/mol. The molecule has 1 heterocycles. The minimum Gasteiger partial charge on any atom is -0.339 e. The molecule has 0 aliphatic heterocycles. The van der Waals surface area contributed by atoms with Crippen LogP contribution < -0.4 is 5.32 Å². The molecule has 0 aliphatic rings. The Balaban J connectivity index is 1.79. The lowest BCUT2D eigenvalue weighted by Gasteiger charge is -2.21. The van der Waals surface area contributed by atoms with Gasteiger partial charge >= 0.3 is 0 Å². The molecular weight excluding hydrogens is 358 g/mol. The van der Waals surface area contributed by atoms with Crippen molar-refractivity contribution < 1.29 is 9.59 Å². The molecule has 1 aromatic heterocycles. The van der Waals surface area contributed by atoms with Crippen molar-refractivity contribution in [2.75, 3.05) is 32.5 Å². The van der Waals surface area contributed by atoms with Crippen LogP contribution in [0.15, 0.2) is 35.7 Å². The number of thiophene rings is 1. The minimum atomic E-state index is -0.172. The Morgan fingerprint density at radius 1 is 1.12 bits per heavy atom. The molecule has 5 nitrogen and oxygen atoms in total. The van der Waals surface area contributed by atoms with Gasteiger partial charge in [0.2, 0.25) is 11.8 Å². The highest BCUT2D eigenvalue weighted by atomic mass is 35.5. The molecule has 0 aliphatic carbocycles. The quantitative estimate of drug-likeness (QED) is 0.803. The highest BCUT2D eigenvalue weighted by molar-refractivity contribution is 7.10. The number of rotatable bonds is 7. The van der Waals surface area contributed by atoms with E-state index < -0.39 is 0 Å². The van der Waals surface area contributed by atoms with E-state index in [1.807, 2.05) is 18.4 Å². The maximum Gasteiger partial charge on any atom is 0.238 e. The Morgan fingerprint density at radius 3 is 2.40 bits per heavy atom. The normalized spacial score (nSPS) is 10.8. The molecule has 0 saturated heterocycles. The van der Waals surface area contributed by atoms with Crippen LogP contribution in [0.3, 0.4) is 0 Å². The van der Waals surface area contributed by atoms with Crippen molar-refractivity contribution in [3.05, 3.63) is 51.2 Å². The summed E-state index contributed by atoms with van der Waals surface area (Å²) in [6.45, 7) is 2.96. The second-order valence-corrected chi connectivity index (χ2v) is 7.44. The molecule has 0 radical (unpaired) electrons. The lowest BCUT2D eigenvalue weighted by Crippen LogP contribution is -2.39. The summed E-state index contributed by atoms with van der Waals surface area (Å²) in [4.78, 5) is 28.9. The molecule has 7 heteroatoms. The Bertz CT molecular complexity index is 730. The lowest BCUT2D eigenvalue weighted by atomic mass is 10.3. The SMILES string of the molecule is Cc1ccsc1CN(C)C(=O)CN(C)CC(=O)Nc1ccc(Cl)cc1. The molecule has 0 saturated carbocycles. The first-order valence-corrected chi connectivity index (χ1v) is 9.12. The van der Waals surface area contributed by atoms with E-state index in [1.165, 1.54) is 10.4 Å². The number of halogens is 1. The minimum absolute atomic E-state index is 0.0189. The first-order chi connectivity index (χ1) is 11.8. The molecule has 2 aromatic rings. The first kappa shape index (κ1) is 19.4. The number of anilines is 1. The average Bonchev–Trinajstić information content (AvgIpc) is 2.94. The summed E-state index contributed by atoms with van der Waals surface area (Å²) >= 11 is 7.46. The van der Waals surface area contributed by atoms with Crippen molar-refractivity contribution in [3.63, 3.8) is 0 Å². The van der Waals surface area contributed by atoms with Gasteiger partial charge in [-0.1, -0.05) is 11.6 Å². The summed E-state index contributed by atoms with van der Waals surface area (Å²) in [7, 11) is 3.53. The summed E-state index contributed by atoms with van der Waals surface area (Å²) in [6.07, 6.45) is 0. The number of benzene rings is 1. The van der Waals surface area contributed by atoms with Gasteiger partial charge in [0.05, 0.1) is 19.6 Å². The number of amides is 2. The van der Waals surface area contributed by atoms with Crippen LogP contribution in [-0.4, -0.2) is 48.8 Å². The van der Waals surface area contributed by atoms with Crippen LogP contribution >= 0.6 is 22.9 Å². The van der Waals surface area contributed by atoms with Gasteiger partial charge in [0.1, 0.15) is 0 Å². The molecule has 0 spiro atoms. The second-order valence-electron chi connectivity index (χ2n) is 6.00. The van der Waals surface area contributed by atoms with Gasteiger partial charge in [-0.05, 0) is 55.2 Å². The number of hydrogen-bond acceptors (Lipinski definition) is 4. The van der Waals surface area contributed by atoms with Crippen molar-refractivity contribution in [3.8, 4) is 0 Å². The Hall–Kier alpha value is -1.89. The zero-order chi connectivity index (χ0) is 18.4. The first-order valence-electron chi connectivity index (χ1n) is 7.86. The molecule has 0 unspecified atom stereocenters. The van der Waals surface area contributed by atoms with E-state index >= 15 is 0 Å². The Kier molecular flexibility index (Phi) is 6.99. The summed E-state index contributed by atoms with van der Waals surface area (Å²) in [5, 5.41) is 5.42. The number of likely N-dealkylation sites (N-methyl/N-ethyl adjacent to an activating group) is 2. The molecule has 0 fully saturated rings. The van der Waals surface area contributed by atoms with Crippen molar-refractivity contribution in [1.82, 2.24) is 9.80 Å². The van der Waals surface area contributed by atoms with E-state index in [0.29, 0.717) is 17.3 Å². The third-order valence-corrected chi connectivity index (χ3v) is 4.98. The van der Waals surface area contributed by atoms with E-state index in [1.54, 1.807) is 59.5 Å². The molecule has 134 valence electrons. The van der Waals surface area contributed by atoms with Crippen molar-refractivity contribution >= 4 is 40.4 Å². The molecular formula is C18H22ClN3O2S. The van der Waals surface area contributed by atoms with Crippen molar-refractivity contribution in [2.24, 2.45) is 0 Å². The van der Waals surface area contributed by atoms with Gasteiger partial charge < -0.3 is 10.2 Å². The lowest BCUT2D eigenvalue weighted by molar-refractivity contribution is -0.131. The van der Waals surface area contributed by atoms with Gasteiger partial charge in [-0.3, -0.25) is 14.5 Å². The third kappa shape index (κ3) is 6.16. The molecule has 25 heavy (non-hydrogen) atoms. The molecule has 2 rings (SSSR count). The molecule has 1 N–H and O–H groups in total. The third-order valence-electron chi connectivity index (χ3n) is 3.72. The van der Waals surface area contributed by atoms with Crippen LogP contribution in [0, 0.1) is 6.92 Å². The summed E-state index contributed by atoms with van der Waals surface area (Å²) in [6, 6.07) is 8.95. The fourth-order valence-corrected chi connectivity index (χ4v) is 3.34. The summed E-state index contributed by atoms with van der Waals surface area (Å²) < 4.78 is 0. The van der Waals surface area contributed by atoms with Gasteiger partial charge in [0.25, 0.3) is 0 Å². The zero-order valence-corrected chi connectivity index (χ0v) is 16.2. The molecule has 0 atom stereocenters. The highest BCUT2D eigenvalue weighted by Gasteiger charge is 2.15. The van der Waals surface area contributed by atoms with Crippen LogP contribution in [0.4, 0.5) is 5.69 Å². The van der Waals surface area contributed by atoms with Crippen molar-refractivity contribution in [2.45, 2.75) is 13.5 Å². The number of carbonyl (C=O) groups is 2. The smallest absolute Gasteiger partial charge is 0.238 e. The summed E-state index contributed by atoms with van der Waals surface area (Å²) in [5.41, 5.74) is 1.87. The van der Waals surface area contributed by atoms with Crippen LogP contribution in [0.2, 0.25) is 5.02 Å². The monoisotopic (exact) mass is 379 g/mol. The van der Waals surface area contributed by atoms with E-state index in [9.17, 15) is 9.59 Å². The molecule has 0 bridgehead atoms. The fourth-order valence-electron chi connectivity index (χ4n) is 2.26. The maximum atomic E-state index is 12.3. The number of nitrogens with zero attached hydrogens (tertiary/aromatic N) is 2. The molecule has 1 aromatic carbocycles. The Morgan fingerprint density at radius 2 is 1.80 bits per heavy atom. The van der Waals surface area contributed by atoms with Gasteiger partial charge in [-0.2, -0.15) is 0 Å². The van der Waals surface area contributed by atoms with Gasteiger partial charge in [-0.25, -0.2) is 0 Å². The van der Waals surface area contributed by atoms with Gasteiger partial charge in [0.15, 0.2) is 0 Å². The van der Waals surface area contributed by atoms with Gasteiger partial charge in [-0.15, -0.1) is 11.3 Å². The van der Waals surface area contributed by atoms with E-state index in [2.05, 4.69) is 5.32 Å². The van der Waals surface area contributed by atoms with E-state index in [0.717, 1.165) is 0 Å². The number of nitrogens with one attached hydrogen (secondary N) is 1.